The van der Waals surface area contributed by atoms with E-state index in [0.717, 1.165) is 31.2 Å². The van der Waals surface area contributed by atoms with Gasteiger partial charge in [0.05, 0.1) is 5.02 Å². The van der Waals surface area contributed by atoms with E-state index < -0.39 is 5.82 Å². The van der Waals surface area contributed by atoms with Crippen molar-refractivity contribution in [2.24, 2.45) is 11.1 Å². The van der Waals surface area contributed by atoms with Crippen molar-refractivity contribution in [3.8, 4) is 0 Å². The Morgan fingerprint density at radius 2 is 2.05 bits per heavy atom. The maximum atomic E-state index is 13.1. The van der Waals surface area contributed by atoms with Crippen molar-refractivity contribution in [1.29, 1.82) is 0 Å². The molecule has 116 valence electrons. The van der Waals surface area contributed by atoms with E-state index in [-0.39, 0.29) is 16.3 Å². The number of hydrogen-bond donors (Lipinski definition) is 2. The summed E-state index contributed by atoms with van der Waals surface area (Å²) >= 11 is 5.73. The lowest BCUT2D eigenvalue weighted by Gasteiger charge is -2.35. The maximum absolute atomic E-state index is 13.1. The molecule has 5 heteroatoms. The molecule has 1 fully saturated rings. The largest absolute Gasteiger partial charge is 0.352 e. The fourth-order valence-electron chi connectivity index (χ4n) is 3.01. The number of carbonyl (C=O) groups excluding carboxylic acids is 1. The lowest BCUT2D eigenvalue weighted by molar-refractivity contribution is -0.124. The second-order valence-electron chi connectivity index (χ2n) is 5.97. The van der Waals surface area contributed by atoms with Gasteiger partial charge < -0.3 is 11.1 Å². The quantitative estimate of drug-likeness (QED) is 0.875. The second kappa shape index (κ2) is 7.23. The highest BCUT2D eigenvalue weighted by atomic mass is 35.5. The number of rotatable bonds is 5. The topological polar surface area (TPSA) is 55.1 Å². The third kappa shape index (κ3) is 4.42. The summed E-state index contributed by atoms with van der Waals surface area (Å²) in [6.45, 7) is 0.919. The van der Waals surface area contributed by atoms with Gasteiger partial charge in [0, 0.05) is 13.0 Å². The van der Waals surface area contributed by atoms with Gasteiger partial charge in [-0.3, -0.25) is 4.79 Å². The minimum absolute atomic E-state index is 0.00259. The fraction of sp³-hybridized carbons (Fsp3) is 0.562. The first-order valence-electron chi connectivity index (χ1n) is 7.45. The predicted octanol–water partition coefficient (Wildman–Crippen LogP) is 3.39. The van der Waals surface area contributed by atoms with E-state index in [1.807, 2.05) is 0 Å². The Hall–Kier alpha value is -1.13. The van der Waals surface area contributed by atoms with Crippen molar-refractivity contribution in [3.63, 3.8) is 0 Å². The molecule has 1 saturated carbocycles. The zero-order valence-electron chi connectivity index (χ0n) is 12.1. The molecule has 0 atom stereocenters. The van der Waals surface area contributed by atoms with Crippen LogP contribution in [0.15, 0.2) is 18.2 Å². The molecule has 1 amide bonds. The maximum Gasteiger partial charge on any atom is 0.220 e. The van der Waals surface area contributed by atoms with Gasteiger partial charge >= 0.3 is 0 Å². The van der Waals surface area contributed by atoms with Crippen LogP contribution in [-0.2, 0) is 11.3 Å². The van der Waals surface area contributed by atoms with Gasteiger partial charge in [-0.1, -0.05) is 36.9 Å². The summed E-state index contributed by atoms with van der Waals surface area (Å²) in [4.78, 5) is 12.1. The molecule has 0 spiro atoms. The third-order valence-electron chi connectivity index (χ3n) is 4.36. The number of nitrogens with one attached hydrogen (secondary N) is 1. The number of amides is 1. The average Bonchev–Trinajstić information content (AvgIpc) is 2.49. The molecule has 3 N–H and O–H groups in total. The summed E-state index contributed by atoms with van der Waals surface area (Å²) in [5.41, 5.74) is 6.64. The Balaban J connectivity index is 1.87. The Labute approximate surface area is 130 Å². The molecule has 1 aromatic rings. The first-order chi connectivity index (χ1) is 10.0. The van der Waals surface area contributed by atoms with Gasteiger partial charge in [0.2, 0.25) is 5.91 Å². The molecule has 0 aliphatic heterocycles. The lowest BCUT2D eigenvalue weighted by atomic mass is 9.71. The summed E-state index contributed by atoms with van der Waals surface area (Å²) in [6, 6.07) is 4.48. The molecule has 1 aromatic carbocycles. The summed E-state index contributed by atoms with van der Waals surface area (Å²) in [5.74, 6) is -0.446. The van der Waals surface area contributed by atoms with Crippen LogP contribution < -0.4 is 11.1 Å². The van der Waals surface area contributed by atoms with E-state index >= 15 is 0 Å². The molecule has 0 bridgehead atoms. The van der Waals surface area contributed by atoms with E-state index in [4.69, 9.17) is 17.3 Å². The normalized spacial score (nSPS) is 17.5. The monoisotopic (exact) mass is 312 g/mol. The lowest BCUT2D eigenvalue weighted by Crippen LogP contribution is -2.38. The van der Waals surface area contributed by atoms with E-state index in [9.17, 15) is 9.18 Å². The molecule has 0 saturated heterocycles. The highest BCUT2D eigenvalue weighted by Crippen LogP contribution is 2.38. The Morgan fingerprint density at radius 3 is 2.67 bits per heavy atom. The SMILES string of the molecule is NCC1(CC(=O)NCc2ccc(F)c(Cl)c2)CCCCC1. The number of nitrogens with two attached hydrogens (primary N) is 1. The minimum atomic E-state index is -0.448. The van der Waals surface area contributed by atoms with Crippen LogP contribution in [0.1, 0.15) is 44.1 Å². The van der Waals surface area contributed by atoms with Crippen molar-refractivity contribution < 1.29 is 9.18 Å². The fourth-order valence-corrected chi connectivity index (χ4v) is 3.21. The van der Waals surface area contributed by atoms with Crippen molar-refractivity contribution in [1.82, 2.24) is 5.32 Å². The number of hydrogen-bond acceptors (Lipinski definition) is 2. The molecule has 2 rings (SSSR count). The van der Waals surface area contributed by atoms with E-state index in [0.29, 0.717) is 19.5 Å². The van der Waals surface area contributed by atoms with Gasteiger partial charge in [-0.15, -0.1) is 0 Å². The molecule has 0 radical (unpaired) electrons. The van der Waals surface area contributed by atoms with Crippen LogP contribution in [0.25, 0.3) is 0 Å². The van der Waals surface area contributed by atoms with Gasteiger partial charge in [0.25, 0.3) is 0 Å². The Bertz CT molecular complexity index is 501. The van der Waals surface area contributed by atoms with Crippen LogP contribution in [0, 0.1) is 11.2 Å². The summed E-state index contributed by atoms with van der Waals surface area (Å²) < 4.78 is 13.1. The molecule has 0 heterocycles. The van der Waals surface area contributed by atoms with Crippen LogP contribution in [0.4, 0.5) is 4.39 Å². The third-order valence-corrected chi connectivity index (χ3v) is 4.65. The van der Waals surface area contributed by atoms with Gasteiger partial charge in [-0.25, -0.2) is 4.39 Å². The minimum Gasteiger partial charge on any atom is -0.352 e. The van der Waals surface area contributed by atoms with Crippen LogP contribution in [-0.4, -0.2) is 12.5 Å². The van der Waals surface area contributed by atoms with E-state index in [1.54, 1.807) is 6.07 Å². The highest BCUT2D eigenvalue weighted by Gasteiger charge is 2.32. The number of halogens is 2. The van der Waals surface area contributed by atoms with Crippen molar-refractivity contribution >= 4 is 17.5 Å². The van der Waals surface area contributed by atoms with E-state index in [1.165, 1.54) is 18.6 Å². The zero-order valence-corrected chi connectivity index (χ0v) is 12.9. The molecular formula is C16H22ClFN2O. The Kier molecular flexibility index (Phi) is 5.59. The van der Waals surface area contributed by atoms with Gasteiger partial charge in [0.1, 0.15) is 5.82 Å². The van der Waals surface area contributed by atoms with Crippen LogP contribution in [0.2, 0.25) is 5.02 Å². The molecular weight excluding hydrogens is 291 g/mol. The first kappa shape index (κ1) is 16.2. The van der Waals surface area contributed by atoms with Gasteiger partial charge in [-0.2, -0.15) is 0 Å². The average molecular weight is 313 g/mol. The highest BCUT2D eigenvalue weighted by molar-refractivity contribution is 6.30. The van der Waals surface area contributed by atoms with Crippen LogP contribution >= 0.6 is 11.6 Å². The van der Waals surface area contributed by atoms with Crippen molar-refractivity contribution in [2.45, 2.75) is 45.1 Å². The molecule has 3 nitrogen and oxygen atoms in total. The molecule has 0 unspecified atom stereocenters. The van der Waals surface area contributed by atoms with Crippen molar-refractivity contribution in [3.05, 3.63) is 34.6 Å². The molecule has 0 aromatic heterocycles. The van der Waals surface area contributed by atoms with Crippen molar-refractivity contribution in [2.75, 3.05) is 6.54 Å². The van der Waals surface area contributed by atoms with Crippen LogP contribution in [0.5, 0.6) is 0 Å². The summed E-state index contributed by atoms with van der Waals surface area (Å²) in [5, 5.41) is 2.95. The summed E-state index contributed by atoms with van der Waals surface area (Å²) in [7, 11) is 0. The van der Waals surface area contributed by atoms with Gasteiger partial charge in [0.15, 0.2) is 0 Å². The molecule has 21 heavy (non-hydrogen) atoms. The number of benzene rings is 1. The second-order valence-corrected chi connectivity index (χ2v) is 6.37. The first-order valence-corrected chi connectivity index (χ1v) is 7.83. The zero-order chi connectivity index (χ0) is 15.3. The number of carbonyl (C=O) groups is 1. The molecule has 1 aliphatic rings. The Morgan fingerprint density at radius 1 is 1.33 bits per heavy atom. The van der Waals surface area contributed by atoms with Crippen LogP contribution in [0.3, 0.4) is 0 Å². The standard InChI is InChI=1S/C16H22ClFN2O/c17-13-8-12(4-5-14(13)18)10-20-15(21)9-16(11-19)6-2-1-3-7-16/h4-5,8H,1-3,6-7,9-11,19H2,(H,20,21). The smallest absolute Gasteiger partial charge is 0.220 e. The molecule has 1 aliphatic carbocycles. The summed E-state index contributed by atoms with van der Waals surface area (Å²) in [6.07, 6.45) is 6.06. The predicted molar refractivity (Wildman–Crippen MR) is 82.4 cm³/mol. The van der Waals surface area contributed by atoms with Gasteiger partial charge in [-0.05, 0) is 42.5 Å². The van der Waals surface area contributed by atoms with E-state index in [2.05, 4.69) is 5.32 Å².